The van der Waals surface area contributed by atoms with Crippen molar-refractivity contribution in [3.8, 4) is 0 Å². The number of hydrogen-bond acceptors (Lipinski definition) is 15. The molecule has 0 bridgehead atoms. The van der Waals surface area contributed by atoms with E-state index in [2.05, 4.69) is 72.8 Å². The predicted molar refractivity (Wildman–Crippen MR) is 437 cm³/mol. The first-order valence-corrected chi connectivity index (χ1v) is 47.2. The zero-order valence-electron chi connectivity index (χ0n) is 69.4. The van der Waals surface area contributed by atoms with Crippen LogP contribution in [0.2, 0.25) is 0 Å². The summed E-state index contributed by atoms with van der Waals surface area (Å²) >= 11 is 0. The lowest BCUT2D eigenvalue weighted by Crippen LogP contribution is -2.30. The summed E-state index contributed by atoms with van der Waals surface area (Å²) in [6.07, 6.45) is 70.3. The molecule has 0 aromatic rings. The van der Waals surface area contributed by atoms with E-state index in [1.807, 2.05) is 0 Å². The average molecular weight is 1550 g/mol. The van der Waals surface area contributed by atoms with Crippen LogP contribution in [0.25, 0.3) is 0 Å². The summed E-state index contributed by atoms with van der Waals surface area (Å²) in [7, 11) is -9.94. The molecule has 0 aliphatic carbocycles. The van der Waals surface area contributed by atoms with Crippen molar-refractivity contribution in [3.05, 3.63) is 24.3 Å². The SMILES string of the molecule is CCCCCC/C=C\C=C/CCCCCCCC(=O)O[C@H](COC(=O)CCCCCCCCCCC(C)C)COP(=O)(O)OC[C@H](O)COP(=O)(O)OC[C@@H](COC(=O)CCCCCCCCCCCCCCCCCCC(C)C)OC(=O)CCCCCCCCCCCCCCCCCCCCC(C)C. The van der Waals surface area contributed by atoms with Crippen LogP contribution in [0.3, 0.4) is 0 Å². The number of aliphatic hydroxyl groups is 1. The summed E-state index contributed by atoms with van der Waals surface area (Å²) in [4.78, 5) is 73.2. The van der Waals surface area contributed by atoms with E-state index < -0.39 is 97.5 Å². The molecule has 0 rings (SSSR count). The van der Waals surface area contributed by atoms with Crippen LogP contribution in [0.4, 0.5) is 0 Å². The van der Waals surface area contributed by atoms with Crippen LogP contribution in [-0.4, -0.2) is 96.7 Å². The van der Waals surface area contributed by atoms with E-state index in [0.717, 1.165) is 127 Å². The van der Waals surface area contributed by atoms with E-state index in [1.165, 1.54) is 225 Å². The van der Waals surface area contributed by atoms with Crippen LogP contribution in [0.1, 0.15) is 434 Å². The Labute approximate surface area is 650 Å². The minimum Gasteiger partial charge on any atom is -0.462 e. The number of unbranched alkanes of at least 4 members (excludes halogenated alkanes) is 48. The second kappa shape index (κ2) is 76.5. The van der Waals surface area contributed by atoms with Gasteiger partial charge in [-0.05, 0) is 69.1 Å². The molecular weight excluding hydrogens is 1380 g/mol. The number of esters is 4. The normalized spacial score (nSPS) is 14.0. The van der Waals surface area contributed by atoms with Crippen molar-refractivity contribution in [1.29, 1.82) is 0 Å². The maximum atomic E-state index is 13.2. The van der Waals surface area contributed by atoms with Gasteiger partial charge in [-0.3, -0.25) is 37.3 Å². The van der Waals surface area contributed by atoms with Gasteiger partial charge in [-0.2, -0.15) is 0 Å². The summed E-state index contributed by atoms with van der Waals surface area (Å²) in [6.45, 7) is 11.9. The molecule has 0 fully saturated rings. The first-order chi connectivity index (χ1) is 51.2. The van der Waals surface area contributed by atoms with Crippen LogP contribution in [0.15, 0.2) is 24.3 Å². The van der Waals surface area contributed by atoms with Crippen LogP contribution >= 0.6 is 15.6 Å². The average Bonchev–Trinajstić information content (AvgIpc) is 0.900. The molecular formula is C87H166O17P2. The standard InChI is InChI=1S/C87H166O17P2/c1-8-9-10-11-12-13-14-15-22-30-35-40-49-56-63-70-87(92)104-83(75-98-85(90)69-62-55-48-43-42-46-53-60-67-80(6)7)77-102-106(95,96)100-73-81(88)72-99-105(93,94)101-76-82(74-97-84(89)68-61-54-47-39-34-29-25-21-20-24-28-33-38-45-52-59-66-79(4)5)103-86(91)71-64-57-50-41-36-31-26-19-17-16-18-23-27-32-37-44-51-58-65-78(2)3/h13-15,22,78-83,88H,8-12,16-21,23-77H2,1-7H3,(H,93,94)(H,95,96)/b14-13-,22-15-/t81-,82-,83-/m1/s1. The highest BCUT2D eigenvalue weighted by atomic mass is 31.2. The zero-order chi connectivity index (χ0) is 77.9. The number of allylic oxidation sites excluding steroid dienone is 4. The van der Waals surface area contributed by atoms with Gasteiger partial charge in [0.05, 0.1) is 26.4 Å². The first kappa shape index (κ1) is 104. The third-order valence-electron chi connectivity index (χ3n) is 19.8. The predicted octanol–water partition coefficient (Wildman–Crippen LogP) is 26.0. The van der Waals surface area contributed by atoms with Crippen molar-refractivity contribution in [2.45, 2.75) is 452 Å². The molecule has 5 atom stereocenters. The molecule has 17 nitrogen and oxygen atoms in total. The van der Waals surface area contributed by atoms with E-state index in [9.17, 15) is 43.2 Å². The van der Waals surface area contributed by atoms with Crippen molar-refractivity contribution in [1.82, 2.24) is 0 Å². The molecule has 106 heavy (non-hydrogen) atoms. The lowest BCUT2D eigenvalue weighted by Gasteiger charge is -2.21. The molecule has 626 valence electrons. The molecule has 0 aliphatic heterocycles. The van der Waals surface area contributed by atoms with Gasteiger partial charge in [0.2, 0.25) is 0 Å². The molecule has 0 radical (unpaired) electrons. The van der Waals surface area contributed by atoms with Gasteiger partial charge < -0.3 is 33.8 Å². The summed E-state index contributed by atoms with van der Waals surface area (Å²) in [5.74, 6) is 0.219. The molecule has 0 amide bonds. The number of carbonyl (C=O) groups excluding carboxylic acids is 4. The smallest absolute Gasteiger partial charge is 0.462 e. The van der Waals surface area contributed by atoms with Crippen molar-refractivity contribution < 1.29 is 80.2 Å². The number of ether oxygens (including phenoxy) is 4. The zero-order valence-corrected chi connectivity index (χ0v) is 71.2. The second-order valence-corrected chi connectivity index (χ2v) is 34.9. The second-order valence-electron chi connectivity index (χ2n) is 32.0. The molecule has 19 heteroatoms. The third-order valence-corrected chi connectivity index (χ3v) is 21.7. The Morgan fingerprint density at radius 1 is 0.292 bits per heavy atom. The Kier molecular flexibility index (Phi) is 74.7. The lowest BCUT2D eigenvalue weighted by molar-refractivity contribution is -0.161. The summed E-state index contributed by atoms with van der Waals surface area (Å²) < 4.78 is 68.9. The molecule has 0 saturated heterocycles. The van der Waals surface area contributed by atoms with Crippen LogP contribution in [0.5, 0.6) is 0 Å². The Bertz CT molecular complexity index is 2140. The van der Waals surface area contributed by atoms with Gasteiger partial charge in [0, 0.05) is 25.7 Å². The summed E-state index contributed by atoms with van der Waals surface area (Å²) in [5, 5.41) is 10.7. The van der Waals surface area contributed by atoms with E-state index in [0.29, 0.717) is 25.7 Å². The van der Waals surface area contributed by atoms with E-state index in [-0.39, 0.29) is 25.7 Å². The maximum absolute atomic E-state index is 13.2. The number of phosphoric acid groups is 2. The van der Waals surface area contributed by atoms with Gasteiger partial charge in [0.1, 0.15) is 19.3 Å². The fourth-order valence-electron chi connectivity index (χ4n) is 13.0. The highest BCUT2D eigenvalue weighted by Gasteiger charge is 2.30. The van der Waals surface area contributed by atoms with Crippen molar-refractivity contribution in [2.24, 2.45) is 17.8 Å². The minimum absolute atomic E-state index is 0.0845. The van der Waals surface area contributed by atoms with Gasteiger partial charge >= 0.3 is 39.5 Å². The number of rotatable bonds is 83. The molecule has 0 aromatic heterocycles. The van der Waals surface area contributed by atoms with Gasteiger partial charge in [-0.1, -0.05) is 381 Å². The molecule has 0 saturated carbocycles. The quantitative estimate of drug-likeness (QED) is 0.0169. The van der Waals surface area contributed by atoms with Gasteiger partial charge in [-0.25, -0.2) is 9.13 Å². The first-order valence-electron chi connectivity index (χ1n) is 44.2. The molecule has 2 unspecified atom stereocenters. The Hall–Kier alpha value is -2.46. The van der Waals surface area contributed by atoms with Crippen molar-refractivity contribution in [2.75, 3.05) is 39.6 Å². The van der Waals surface area contributed by atoms with Crippen LogP contribution in [0, 0.1) is 17.8 Å². The molecule has 0 heterocycles. The number of phosphoric ester groups is 2. The van der Waals surface area contributed by atoms with E-state index in [4.69, 9.17) is 37.0 Å². The van der Waals surface area contributed by atoms with Crippen molar-refractivity contribution in [3.63, 3.8) is 0 Å². The van der Waals surface area contributed by atoms with Crippen LogP contribution < -0.4 is 0 Å². The monoisotopic (exact) mass is 1550 g/mol. The fourth-order valence-corrected chi connectivity index (χ4v) is 14.6. The summed E-state index contributed by atoms with van der Waals surface area (Å²) in [5.41, 5.74) is 0. The molecule has 0 aliphatic rings. The van der Waals surface area contributed by atoms with Crippen molar-refractivity contribution >= 4 is 39.5 Å². The molecule has 0 aromatic carbocycles. The third kappa shape index (κ3) is 79.6. The van der Waals surface area contributed by atoms with Crippen LogP contribution in [-0.2, 0) is 65.4 Å². The highest BCUT2D eigenvalue weighted by molar-refractivity contribution is 7.47. The Morgan fingerprint density at radius 3 is 0.764 bits per heavy atom. The highest BCUT2D eigenvalue weighted by Crippen LogP contribution is 2.45. The number of carbonyl (C=O) groups is 4. The fraction of sp³-hybridized carbons (Fsp3) is 0.908. The molecule has 0 spiro atoms. The minimum atomic E-state index is -4.97. The molecule has 3 N–H and O–H groups in total. The Morgan fingerprint density at radius 2 is 0.509 bits per heavy atom. The lowest BCUT2D eigenvalue weighted by atomic mass is 10.0. The van der Waals surface area contributed by atoms with Gasteiger partial charge in [-0.15, -0.1) is 0 Å². The number of aliphatic hydroxyl groups excluding tert-OH is 1. The number of hydrogen-bond donors (Lipinski definition) is 3. The van der Waals surface area contributed by atoms with E-state index >= 15 is 0 Å². The topological polar surface area (TPSA) is 237 Å². The Balaban J connectivity index is 5.27. The van der Waals surface area contributed by atoms with Gasteiger partial charge in [0.15, 0.2) is 12.2 Å². The largest absolute Gasteiger partial charge is 0.472 e. The van der Waals surface area contributed by atoms with E-state index in [1.54, 1.807) is 0 Å². The maximum Gasteiger partial charge on any atom is 0.472 e. The van der Waals surface area contributed by atoms with Gasteiger partial charge in [0.25, 0.3) is 0 Å². The summed E-state index contributed by atoms with van der Waals surface area (Å²) in [6, 6.07) is 0.